The molecule has 2 atom stereocenters. The summed E-state index contributed by atoms with van der Waals surface area (Å²) in [6.07, 6.45) is 3.14. The predicted molar refractivity (Wildman–Crippen MR) is 179 cm³/mol. The van der Waals surface area contributed by atoms with E-state index in [1.54, 1.807) is 11.8 Å². The number of nitrogens with one attached hydrogen (secondary N) is 2. The summed E-state index contributed by atoms with van der Waals surface area (Å²) in [6, 6.07) is 17.8. The molecule has 12 heteroatoms. The molecule has 250 valence electrons. The number of hydrogen-bond donors (Lipinski definition) is 3. The Labute approximate surface area is 275 Å². The van der Waals surface area contributed by atoms with Gasteiger partial charge in [-0.05, 0) is 36.8 Å². The van der Waals surface area contributed by atoms with Crippen LogP contribution in [0.2, 0.25) is 0 Å². The molecule has 2 amide bonds. The van der Waals surface area contributed by atoms with Gasteiger partial charge in [0.2, 0.25) is 11.8 Å². The van der Waals surface area contributed by atoms with Crippen LogP contribution in [0.25, 0.3) is 0 Å². The molecule has 45 heavy (non-hydrogen) atoms. The van der Waals surface area contributed by atoms with E-state index in [2.05, 4.69) is 17.6 Å². The number of amides is 2. The maximum absolute atomic E-state index is 12.4. The average molecular weight is 665 g/mol. The number of anilines is 1. The zero-order valence-corrected chi connectivity index (χ0v) is 28.0. The fourth-order valence-corrected chi connectivity index (χ4v) is 6.18. The van der Waals surface area contributed by atoms with Crippen LogP contribution in [0, 0.1) is 0 Å². The van der Waals surface area contributed by atoms with Crippen molar-refractivity contribution in [2.24, 2.45) is 0 Å². The standard InChI is InChI=1S/C33H48N2O8S2/c1-3-4-9-26(2)44-30(25-32(37)38)33(39)34-15-17-41-19-21-43-23-22-42-20-18-40-16-14-31(36)35-27-10-8-13-29(24-27)45-28-11-6-5-7-12-28/h5-8,10-13,24,26,30H,3-4,9,14-23,25H2,1-2H3,(H,34,39)(H,35,36)(H,37,38). The number of carboxylic acids is 1. The monoisotopic (exact) mass is 664 g/mol. The van der Waals surface area contributed by atoms with Crippen molar-refractivity contribution < 1.29 is 38.4 Å². The van der Waals surface area contributed by atoms with Crippen molar-refractivity contribution >= 4 is 47.0 Å². The first-order valence-electron chi connectivity index (χ1n) is 15.5. The largest absolute Gasteiger partial charge is 0.481 e. The Bertz CT molecular complexity index is 1110. The van der Waals surface area contributed by atoms with E-state index in [1.165, 1.54) is 11.8 Å². The highest BCUT2D eigenvalue weighted by Gasteiger charge is 2.24. The third-order valence-corrected chi connectivity index (χ3v) is 8.65. The van der Waals surface area contributed by atoms with E-state index >= 15 is 0 Å². The molecule has 0 saturated carbocycles. The lowest BCUT2D eigenvalue weighted by Gasteiger charge is -2.19. The number of rotatable bonds is 26. The first-order valence-corrected chi connectivity index (χ1v) is 17.2. The zero-order chi connectivity index (χ0) is 32.5. The zero-order valence-electron chi connectivity index (χ0n) is 26.4. The Kier molecular flexibility index (Phi) is 21.1. The Morgan fingerprint density at radius 1 is 0.822 bits per heavy atom. The van der Waals surface area contributed by atoms with Gasteiger partial charge in [0.15, 0.2) is 0 Å². The maximum Gasteiger partial charge on any atom is 0.305 e. The number of ether oxygens (including phenoxy) is 4. The van der Waals surface area contributed by atoms with Gasteiger partial charge in [0, 0.05) is 27.3 Å². The summed E-state index contributed by atoms with van der Waals surface area (Å²) in [5.74, 6) is -1.36. The predicted octanol–water partition coefficient (Wildman–Crippen LogP) is 5.50. The topological polar surface area (TPSA) is 132 Å². The van der Waals surface area contributed by atoms with Crippen LogP contribution in [0.4, 0.5) is 5.69 Å². The second-order valence-electron chi connectivity index (χ2n) is 10.2. The van der Waals surface area contributed by atoms with Gasteiger partial charge in [-0.1, -0.05) is 62.7 Å². The molecule has 0 fully saturated rings. The third-order valence-electron chi connectivity index (χ3n) is 6.25. The van der Waals surface area contributed by atoms with E-state index in [4.69, 9.17) is 24.1 Å². The number of carbonyl (C=O) groups is 3. The minimum absolute atomic E-state index is 0.107. The van der Waals surface area contributed by atoms with Gasteiger partial charge in [-0.25, -0.2) is 0 Å². The van der Waals surface area contributed by atoms with Gasteiger partial charge < -0.3 is 34.7 Å². The van der Waals surface area contributed by atoms with Gasteiger partial charge in [-0.2, -0.15) is 0 Å². The summed E-state index contributed by atoms with van der Waals surface area (Å²) in [7, 11) is 0. The fraction of sp³-hybridized carbons (Fsp3) is 0.545. The highest BCUT2D eigenvalue weighted by Crippen LogP contribution is 2.29. The molecule has 0 spiro atoms. The quantitative estimate of drug-likeness (QED) is 0.111. The van der Waals surface area contributed by atoms with Gasteiger partial charge in [0.25, 0.3) is 0 Å². The van der Waals surface area contributed by atoms with Crippen LogP contribution in [0.5, 0.6) is 0 Å². The van der Waals surface area contributed by atoms with E-state index in [-0.39, 0.29) is 29.9 Å². The molecule has 0 aliphatic heterocycles. The number of aliphatic carboxylic acids is 1. The number of carboxylic acid groups (broad SMARTS) is 1. The minimum Gasteiger partial charge on any atom is -0.481 e. The lowest BCUT2D eigenvalue weighted by atomic mass is 10.2. The summed E-state index contributed by atoms with van der Waals surface area (Å²) in [4.78, 5) is 38.1. The normalized spacial score (nSPS) is 12.4. The van der Waals surface area contributed by atoms with Crippen molar-refractivity contribution in [2.45, 2.75) is 66.2 Å². The highest BCUT2D eigenvalue weighted by atomic mass is 32.2. The number of benzene rings is 2. The van der Waals surface area contributed by atoms with Gasteiger partial charge in [-0.15, -0.1) is 11.8 Å². The summed E-state index contributed by atoms with van der Waals surface area (Å²) in [5.41, 5.74) is 0.755. The van der Waals surface area contributed by atoms with Gasteiger partial charge in [0.05, 0.1) is 70.9 Å². The Morgan fingerprint density at radius 3 is 2.09 bits per heavy atom. The number of thioether (sulfide) groups is 1. The van der Waals surface area contributed by atoms with Crippen LogP contribution >= 0.6 is 23.5 Å². The molecular formula is C33H48N2O8S2. The Balaban J connectivity index is 1.41. The molecule has 10 nitrogen and oxygen atoms in total. The van der Waals surface area contributed by atoms with Crippen LogP contribution in [-0.4, -0.2) is 92.8 Å². The van der Waals surface area contributed by atoms with Crippen LogP contribution in [0.15, 0.2) is 64.4 Å². The highest BCUT2D eigenvalue weighted by molar-refractivity contribution is 8.01. The van der Waals surface area contributed by atoms with Crippen molar-refractivity contribution in [3.05, 3.63) is 54.6 Å². The summed E-state index contributed by atoms with van der Waals surface area (Å²) in [6.45, 7) is 7.44. The van der Waals surface area contributed by atoms with E-state index in [1.807, 2.05) is 61.5 Å². The molecule has 2 aromatic carbocycles. The molecule has 3 N–H and O–H groups in total. The molecule has 0 heterocycles. The van der Waals surface area contributed by atoms with E-state index < -0.39 is 11.2 Å². The molecule has 2 aromatic rings. The Morgan fingerprint density at radius 2 is 1.44 bits per heavy atom. The number of hydrogen-bond acceptors (Lipinski definition) is 9. The fourth-order valence-electron chi connectivity index (χ4n) is 3.97. The van der Waals surface area contributed by atoms with Gasteiger partial charge >= 0.3 is 5.97 Å². The van der Waals surface area contributed by atoms with Crippen molar-refractivity contribution in [3.63, 3.8) is 0 Å². The number of carbonyl (C=O) groups excluding carboxylic acids is 2. The van der Waals surface area contributed by atoms with Crippen LogP contribution < -0.4 is 10.6 Å². The second-order valence-corrected chi connectivity index (χ2v) is 12.9. The molecule has 2 unspecified atom stereocenters. The van der Waals surface area contributed by atoms with Gasteiger partial charge in [0.1, 0.15) is 0 Å². The SMILES string of the molecule is CCCCC(C)SC(CC(=O)O)C(=O)NCCOCCOCCOCCOCCC(=O)Nc1cccc(Sc2ccccc2)c1. The minimum atomic E-state index is -0.980. The smallest absolute Gasteiger partial charge is 0.305 e. The van der Waals surface area contributed by atoms with Crippen molar-refractivity contribution in [2.75, 3.05) is 64.7 Å². The van der Waals surface area contributed by atoms with E-state index in [0.29, 0.717) is 59.4 Å². The molecule has 0 bridgehead atoms. The lowest BCUT2D eigenvalue weighted by molar-refractivity contribution is -0.138. The van der Waals surface area contributed by atoms with Crippen molar-refractivity contribution in [1.82, 2.24) is 5.32 Å². The molecule has 0 radical (unpaired) electrons. The number of unbranched alkanes of at least 4 members (excludes halogenated alkanes) is 1. The van der Waals surface area contributed by atoms with Crippen molar-refractivity contribution in [3.8, 4) is 0 Å². The summed E-state index contributed by atoms with van der Waals surface area (Å²) < 4.78 is 21.9. The van der Waals surface area contributed by atoms with Crippen LogP contribution in [-0.2, 0) is 33.3 Å². The van der Waals surface area contributed by atoms with Crippen LogP contribution in [0.1, 0.15) is 46.0 Å². The average Bonchev–Trinajstić information content (AvgIpc) is 3.02. The molecule has 0 saturated heterocycles. The molecular weight excluding hydrogens is 617 g/mol. The second kappa shape index (κ2) is 24.6. The summed E-state index contributed by atoms with van der Waals surface area (Å²) in [5, 5.41) is 14.5. The third kappa shape index (κ3) is 19.5. The van der Waals surface area contributed by atoms with E-state index in [9.17, 15) is 14.4 Å². The molecule has 2 rings (SSSR count). The van der Waals surface area contributed by atoms with Gasteiger partial charge in [-0.3, -0.25) is 14.4 Å². The Hall–Kier alpha value is -2.61. The van der Waals surface area contributed by atoms with E-state index in [0.717, 1.165) is 34.7 Å². The molecule has 0 aromatic heterocycles. The van der Waals surface area contributed by atoms with Crippen LogP contribution in [0.3, 0.4) is 0 Å². The molecule has 0 aliphatic carbocycles. The summed E-state index contributed by atoms with van der Waals surface area (Å²) >= 11 is 3.06. The van der Waals surface area contributed by atoms with Crippen molar-refractivity contribution in [1.29, 1.82) is 0 Å². The lowest BCUT2D eigenvalue weighted by Crippen LogP contribution is -2.37. The maximum atomic E-state index is 12.4. The first-order chi connectivity index (χ1) is 21.9. The first kappa shape index (κ1) is 38.6. The molecule has 0 aliphatic rings.